The first-order chi connectivity index (χ1) is 17.5. The SMILES string of the molecule is COCN1c2cc(C(O[Si](C)(C)C(C)(C)C)c3cccc(C=CC(=O)O)n3)ccc2Sc2nccnc21. The highest BCUT2D eigenvalue weighted by atomic mass is 32.2. The van der Waals surface area contributed by atoms with Crippen LogP contribution in [0.1, 0.15) is 43.8 Å². The van der Waals surface area contributed by atoms with Crippen molar-refractivity contribution in [3.63, 3.8) is 0 Å². The van der Waals surface area contributed by atoms with Gasteiger partial charge in [0.2, 0.25) is 0 Å². The van der Waals surface area contributed by atoms with Gasteiger partial charge < -0.3 is 14.3 Å². The molecular weight excluding hydrogens is 504 g/mol. The molecule has 8 nitrogen and oxygen atoms in total. The molecule has 4 rings (SSSR count). The molecule has 0 spiro atoms. The summed E-state index contributed by atoms with van der Waals surface area (Å²) in [5, 5.41) is 9.87. The first-order valence-electron chi connectivity index (χ1n) is 12.0. The number of anilines is 2. The molecule has 3 aromatic rings. The normalized spacial score (nSPS) is 14.4. The van der Waals surface area contributed by atoms with E-state index in [1.165, 1.54) is 6.08 Å². The van der Waals surface area contributed by atoms with Crippen LogP contribution >= 0.6 is 11.8 Å². The second-order valence-corrected chi connectivity index (χ2v) is 16.1. The van der Waals surface area contributed by atoms with E-state index < -0.39 is 20.4 Å². The van der Waals surface area contributed by atoms with Gasteiger partial charge in [0.05, 0.1) is 17.1 Å². The average Bonchev–Trinajstić information content (AvgIpc) is 2.85. The van der Waals surface area contributed by atoms with Crippen LogP contribution in [0.25, 0.3) is 6.08 Å². The van der Waals surface area contributed by atoms with Gasteiger partial charge in [0, 0.05) is 30.5 Å². The molecule has 10 heteroatoms. The van der Waals surface area contributed by atoms with Gasteiger partial charge in [0.1, 0.15) is 17.9 Å². The smallest absolute Gasteiger partial charge is 0.328 e. The summed E-state index contributed by atoms with van der Waals surface area (Å²) in [7, 11) is -0.573. The summed E-state index contributed by atoms with van der Waals surface area (Å²) in [5.41, 5.74) is 3.19. The van der Waals surface area contributed by atoms with Gasteiger partial charge in [-0.2, -0.15) is 0 Å². The molecule has 1 atom stereocenters. The molecule has 0 saturated heterocycles. The van der Waals surface area contributed by atoms with Gasteiger partial charge >= 0.3 is 5.97 Å². The maximum atomic E-state index is 11.1. The predicted octanol–water partition coefficient (Wildman–Crippen LogP) is 6.29. The molecule has 0 fully saturated rings. The summed E-state index contributed by atoms with van der Waals surface area (Å²) in [6.07, 6.45) is 5.51. The van der Waals surface area contributed by atoms with E-state index in [2.05, 4.69) is 62.0 Å². The van der Waals surface area contributed by atoms with E-state index in [1.807, 2.05) is 17.0 Å². The Morgan fingerprint density at radius 3 is 2.65 bits per heavy atom. The van der Waals surface area contributed by atoms with Gasteiger partial charge in [0.25, 0.3) is 0 Å². The van der Waals surface area contributed by atoms with Crippen molar-refractivity contribution in [3.8, 4) is 0 Å². The number of carbonyl (C=O) groups is 1. The van der Waals surface area contributed by atoms with Gasteiger partial charge in [-0.3, -0.25) is 9.88 Å². The average molecular weight is 537 g/mol. The number of carboxylic acid groups (broad SMARTS) is 1. The number of hydrogen-bond donors (Lipinski definition) is 1. The van der Waals surface area contributed by atoms with Crippen molar-refractivity contribution >= 4 is 43.6 Å². The lowest BCUT2D eigenvalue weighted by Crippen LogP contribution is -2.42. The summed E-state index contributed by atoms with van der Waals surface area (Å²) >= 11 is 1.57. The van der Waals surface area contributed by atoms with Gasteiger partial charge in [0.15, 0.2) is 14.1 Å². The summed E-state index contributed by atoms with van der Waals surface area (Å²) < 4.78 is 12.5. The van der Waals surface area contributed by atoms with Crippen molar-refractivity contribution < 1.29 is 19.1 Å². The van der Waals surface area contributed by atoms with Gasteiger partial charge in [-0.1, -0.05) is 44.7 Å². The van der Waals surface area contributed by atoms with Crippen LogP contribution in [0.5, 0.6) is 0 Å². The Balaban J connectivity index is 1.82. The van der Waals surface area contributed by atoms with Crippen molar-refractivity contribution in [3.05, 3.63) is 71.8 Å². The number of rotatable bonds is 8. The van der Waals surface area contributed by atoms with Crippen LogP contribution in [-0.2, 0) is 14.0 Å². The number of carboxylic acids is 1. The molecule has 0 amide bonds. The fraction of sp³-hybridized carbons (Fsp3) is 0.333. The quantitative estimate of drug-likeness (QED) is 0.263. The number of nitrogens with zero attached hydrogens (tertiary/aromatic N) is 4. The minimum absolute atomic E-state index is 0.0211. The Hall–Kier alpha value is -3.05. The molecule has 0 aliphatic carbocycles. The number of hydrogen-bond acceptors (Lipinski definition) is 8. The second kappa shape index (κ2) is 10.7. The Bertz CT molecular complexity index is 1330. The zero-order valence-electron chi connectivity index (χ0n) is 21.9. The lowest BCUT2D eigenvalue weighted by atomic mass is 10.0. The third-order valence-corrected chi connectivity index (χ3v) is 12.1. The number of methoxy groups -OCH3 is 1. The first-order valence-corrected chi connectivity index (χ1v) is 15.7. The molecule has 3 heterocycles. The van der Waals surface area contributed by atoms with E-state index in [0.29, 0.717) is 12.4 Å². The van der Waals surface area contributed by atoms with Crippen LogP contribution in [0.15, 0.2) is 64.8 Å². The summed E-state index contributed by atoms with van der Waals surface area (Å²) in [6, 6.07) is 11.8. The molecule has 37 heavy (non-hydrogen) atoms. The molecule has 2 aromatic heterocycles. The van der Waals surface area contributed by atoms with Crippen molar-refractivity contribution in [1.82, 2.24) is 15.0 Å². The van der Waals surface area contributed by atoms with Crippen LogP contribution in [0.3, 0.4) is 0 Å². The predicted molar refractivity (Wildman–Crippen MR) is 148 cm³/mol. The molecule has 1 N–H and O–H groups in total. The van der Waals surface area contributed by atoms with Crippen LogP contribution in [-0.4, -0.2) is 48.2 Å². The minimum Gasteiger partial charge on any atom is -0.478 e. The van der Waals surface area contributed by atoms with Crippen LogP contribution in [0, 0.1) is 0 Å². The highest BCUT2D eigenvalue weighted by Gasteiger charge is 2.40. The Labute approximate surface area is 222 Å². The second-order valence-electron chi connectivity index (χ2n) is 10.3. The van der Waals surface area contributed by atoms with Crippen LogP contribution in [0.4, 0.5) is 11.5 Å². The van der Waals surface area contributed by atoms with Gasteiger partial charge in [-0.25, -0.2) is 14.8 Å². The van der Waals surface area contributed by atoms with E-state index in [0.717, 1.165) is 38.8 Å². The molecule has 1 aliphatic rings. The summed E-state index contributed by atoms with van der Waals surface area (Å²) in [4.78, 5) is 27.9. The van der Waals surface area contributed by atoms with E-state index >= 15 is 0 Å². The third-order valence-electron chi connectivity index (χ3n) is 6.62. The molecule has 1 aliphatic heterocycles. The minimum atomic E-state index is -2.23. The summed E-state index contributed by atoms with van der Waals surface area (Å²) in [6.45, 7) is 11.4. The topological polar surface area (TPSA) is 97.7 Å². The first kappa shape index (κ1) is 27.0. The van der Waals surface area contributed by atoms with Crippen molar-refractivity contribution in [2.75, 3.05) is 18.7 Å². The third kappa shape index (κ3) is 5.93. The van der Waals surface area contributed by atoms with Crippen molar-refractivity contribution in [2.24, 2.45) is 0 Å². The number of benzene rings is 1. The van der Waals surface area contributed by atoms with Crippen molar-refractivity contribution in [2.45, 2.75) is 54.9 Å². The zero-order valence-corrected chi connectivity index (χ0v) is 23.7. The maximum Gasteiger partial charge on any atom is 0.328 e. The van der Waals surface area contributed by atoms with E-state index in [4.69, 9.17) is 19.3 Å². The molecule has 0 bridgehead atoms. The summed E-state index contributed by atoms with van der Waals surface area (Å²) in [5.74, 6) is -0.269. The lowest BCUT2D eigenvalue weighted by Gasteiger charge is -2.39. The van der Waals surface area contributed by atoms with Gasteiger partial charge in [-0.15, -0.1) is 0 Å². The monoisotopic (exact) mass is 536 g/mol. The highest BCUT2D eigenvalue weighted by Crippen LogP contribution is 2.48. The Morgan fingerprint density at radius 2 is 1.95 bits per heavy atom. The number of pyridine rings is 1. The standard InChI is InChI=1S/C27H32N4O4SSi/c1-27(2,3)37(5,6)35-24(20-9-7-8-19(30-20)11-13-23(32)33)18-10-12-22-21(16-18)31(17-34-4)25-26(36-22)29-15-14-28-25/h7-16,24H,17H2,1-6H3,(H,32,33). The van der Waals surface area contributed by atoms with E-state index in [9.17, 15) is 4.79 Å². The Morgan fingerprint density at radius 1 is 1.19 bits per heavy atom. The van der Waals surface area contributed by atoms with Crippen LogP contribution < -0.4 is 4.90 Å². The fourth-order valence-electron chi connectivity index (χ4n) is 3.68. The molecule has 194 valence electrons. The van der Waals surface area contributed by atoms with E-state index in [1.54, 1.807) is 37.3 Å². The Kier molecular flexibility index (Phi) is 7.84. The molecule has 0 saturated carbocycles. The number of aliphatic carboxylic acids is 1. The van der Waals surface area contributed by atoms with Gasteiger partial charge in [-0.05, 0) is 54.0 Å². The van der Waals surface area contributed by atoms with E-state index in [-0.39, 0.29) is 5.04 Å². The molecule has 1 unspecified atom stereocenters. The van der Waals surface area contributed by atoms with Crippen LogP contribution in [0.2, 0.25) is 18.1 Å². The number of ether oxygens (including phenoxy) is 1. The lowest BCUT2D eigenvalue weighted by molar-refractivity contribution is -0.131. The number of fused-ring (bicyclic) bond motifs is 2. The maximum absolute atomic E-state index is 11.1. The number of aromatic nitrogens is 3. The fourth-order valence-corrected chi connectivity index (χ4v) is 5.87. The molecule has 0 radical (unpaired) electrons. The van der Waals surface area contributed by atoms with Crippen molar-refractivity contribution in [1.29, 1.82) is 0 Å². The highest BCUT2D eigenvalue weighted by molar-refractivity contribution is 7.99. The molecule has 1 aromatic carbocycles. The largest absolute Gasteiger partial charge is 0.478 e. The zero-order chi connectivity index (χ0) is 26.8. The molecular formula is C27H32N4O4SSi.